The fourth-order valence-electron chi connectivity index (χ4n) is 2.11. The molecule has 0 bridgehead atoms. The van der Waals surface area contributed by atoms with Crippen molar-refractivity contribution in [3.05, 3.63) is 29.6 Å². The first-order valence-corrected chi connectivity index (χ1v) is 5.93. The summed E-state index contributed by atoms with van der Waals surface area (Å²) in [6.07, 6.45) is 0.696. The number of amides is 1. The Morgan fingerprint density at radius 1 is 1.44 bits per heavy atom. The van der Waals surface area contributed by atoms with Crippen molar-refractivity contribution in [2.75, 3.05) is 20.2 Å². The van der Waals surface area contributed by atoms with Crippen LogP contribution >= 0.6 is 0 Å². The molecule has 1 aromatic rings. The van der Waals surface area contributed by atoms with Gasteiger partial charge in [-0.3, -0.25) is 4.79 Å². The molecule has 1 aromatic carbocycles. The summed E-state index contributed by atoms with van der Waals surface area (Å²) in [5.74, 6) is -0.714. The van der Waals surface area contributed by atoms with Gasteiger partial charge in [0.2, 0.25) is 0 Å². The van der Waals surface area contributed by atoms with E-state index in [-0.39, 0.29) is 23.3 Å². The van der Waals surface area contributed by atoms with E-state index in [0.717, 1.165) is 0 Å². The summed E-state index contributed by atoms with van der Waals surface area (Å²) in [4.78, 5) is 13.8. The van der Waals surface area contributed by atoms with Crippen molar-refractivity contribution >= 4 is 5.91 Å². The first-order chi connectivity index (χ1) is 8.63. The molecule has 1 N–H and O–H groups in total. The van der Waals surface area contributed by atoms with Crippen molar-refractivity contribution in [1.82, 2.24) is 4.90 Å². The molecule has 98 valence electrons. The van der Waals surface area contributed by atoms with Gasteiger partial charge in [0.15, 0.2) is 0 Å². The molecule has 0 aliphatic carbocycles. The lowest BCUT2D eigenvalue weighted by Crippen LogP contribution is -2.40. The zero-order chi connectivity index (χ0) is 13.1. The van der Waals surface area contributed by atoms with Gasteiger partial charge in [-0.2, -0.15) is 0 Å². The number of hydrogen-bond donors (Lipinski definition) is 1. The Kier molecular flexibility index (Phi) is 3.81. The molecule has 2 rings (SSSR count). The van der Waals surface area contributed by atoms with Crippen LogP contribution in [0.3, 0.4) is 0 Å². The number of piperidine rings is 1. The molecule has 18 heavy (non-hydrogen) atoms. The van der Waals surface area contributed by atoms with Crippen molar-refractivity contribution in [2.24, 2.45) is 0 Å². The number of ether oxygens (including phenoxy) is 1. The van der Waals surface area contributed by atoms with Gasteiger partial charge in [-0.05, 0) is 25.0 Å². The molecule has 1 heterocycles. The fourth-order valence-corrected chi connectivity index (χ4v) is 2.11. The summed E-state index contributed by atoms with van der Waals surface area (Å²) in [6, 6.07) is 4.31. The topological polar surface area (TPSA) is 49.8 Å². The van der Waals surface area contributed by atoms with Gasteiger partial charge in [0, 0.05) is 13.1 Å². The van der Waals surface area contributed by atoms with Crippen molar-refractivity contribution < 1.29 is 19.0 Å². The Balaban J connectivity index is 2.23. The summed E-state index contributed by atoms with van der Waals surface area (Å²) < 4.78 is 18.8. The highest BCUT2D eigenvalue weighted by atomic mass is 19.1. The monoisotopic (exact) mass is 253 g/mol. The number of rotatable bonds is 2. The van der Waals surface area contributed by atoms with Crippen LogP contribution in [0, 0.1) is 5.82 Å². The molecule has 1 fully saturated rings. The molecule has 0 spiro atoms. The number of carbonyl (C=O) groups excluding carboxylic acids is 1. The van der Waals surface area contributed by atoms with Crippen LogP contribution in [-0.2, 0) is 0 Å². The lowest BCUT2D eigenvalue weighted by molar-refractivity contribution is 0.0540. The first kappa shape index (κ1) is 12.8. The van der Waals surface area contributed by atoms with E-state index >= 15 is 0 Å². The third-order valence-electron chi connectivity index (χ3n) is 3.16. The highest BCUT2D eigenvalue weighted by Crippen LogP contribution is 2.24. The maximum atomic E-state index is 13.7. The van der Waals surface area contributed by atoms with E-state index in [1.54, 1.807) is 11.0 Å². The first-order valence-electron chi connectivity index (χ1n) is 5.93. The molecule has 0 unspecified atom stereocenters. The summed E-state index contributed by atoms with van der Waals surface area (Å²) in [7, 11) is 1.41. The van der Waals surface area contributed by atoms with Crippen LogP contribution in [0.4, 0.5) is 4.39 Å². The summed E-state index contributed by atoms with van der Waals surface area (Å²) in [6.45, 7) is 0.884. The SMILES string of the molecule is COc1cccc(F)c1C(=O)N1CCC(O)CC1. The number of aliphatic hydroxyl groups excluding tert-OH is 1. The minimum atomic E-state index is -0.578. The molecule has 0 aromatic heterocycles. The molecule has 0 radical (unpaired) electrons. The maximum absolute atomic E-state index is 13.7. The van der Waals surface area contributed by atoms with E-state index in [1.165, 1.54) is 19.2 Å². The number of hydrogen-bond acceptors (Lipinski definition) is 3. The van der Waals surface area contributed by atoms with Crippen LogP contribution in [-0.4, -0.2) is 42.2 Å². The van der Waals surface area contributed by atoms with Gasteiger partial charge in [-0.1, -0.05) is 6.07 Å². The van der Waals surface area contributed by atoms with Crippen molar-refractivity contribution in [3.63, 3.8) is 0 Å². The van der Waals surface area contributed by atoms with Gasteiger partial charge in [0.1, 0.15) is 17.1 Å². The van der Waals surface area contributed by atoms with Gasteiger partial charge >= 0.3 is 0 Å². The smallest absolute Gasteiger partial charge is 0.260 e. The van der Waals surface area contributed by atoms with Gasteiger partial charge in [0.05, 0.1) is 13.2 Å². The highest BCUT2D eigenvalue weighted by Gasteiger charge is 2.26. The second kappa shape index (κ2) is 5.35. The molecule has 1 saturated heterocycles. The highest BCUT2D eigenvalue weighted by molar-refractivity contribution is 5.97. The molecule has 5 heteroatoms. The number of nitrogens with zero attached hydrogens (tertiary/aromatic N) is 1. The van der Waals surface area contributed by atoms with Crippen LogP contribution in [0.25, 0.3) is 0 Å². The molecular formula is C13H16FNO3. The predicted octanol–water partition coefficient (Wildman–Crippen LogP) is 1.43. The van der Waals surface area contributed by atoms with Crippen LogP contribution in [0.1, 0.15) is 23.2 Å². The number of methoxy groups -OCH3 is 1. The van der Waals surface area contributed by atoms with Crippen LogP contribution < -0.4 is 4.74 Å². The third-order valence-corrected chi connectivity index (χ3v) is 3.16. The van der Waals surface area contributed by atoms with E-state index in [2.05, 4.69) is 0 Å². The Hall–Kier alpha value is -1.62. The second-order valence-corrected chi connectivity index (χ2v) is 4.34. The Bertz CT molecular complexity index is 442. The number of likely N-dealkylation sites (tertiary alicyclic amines) is 1. The normalized spacial score (nSPS) is 16.7. The van der Waals surface area contributed by atoms with Crippen LogP contribution in [0.15, 0.2) is 18.2 Å². The average Bonchev–Trinajstić information content (AvgIpc) is 2.38. The predicted molar refractivity (Wildman–Crippen MR) is 64.1 cm³/mol. The van der Waals surface area contributed by atoms with Gasteiger partial charge in [-0.25, -0.2) is 4.39 Å². The van der Waals surface area contributed by atoms with Gasteiger partial charge < -0.3 is 14.7 Å². The Morgan fingerprint density at radius 2 is 2.11 bits per heavy atom. The average molecular weight is 253 g/mol. The molecule has 1 amide bonds. The van der Waals surface area contributed by atoms with E-state index < -0.39 is 5.82 Å². The van der Waals surface area contributed by atoms with Gasteiger partial charge in [-0.15, -0.1) is 0 Å². The lowest BCUT2D eigenvalue weighted by atomic mass is 10.1. The lowest BCUT2D eigenvalue weighted by Gasteiger charge is -2.30. The number of halogens is 1. The Labute approximate surface area is 105 Å². The van der Waals surface area contributed by atoms with Crippen molar-refractivity contribution in [3.8, 4) is 5.75 Å². The summed E-state index contributed by atoms with van der Waals surface area (Å²) in [5, 5.41) is 9.40. The van der Waals surface area contributed by atoms with Gasteiger partial charge in [0.25, 0.3) is 5.91 Å². The zero-order valence-electron chi connectivity index (χ0n) is 10.2. The summed E-state index contributed by atoms with van der Waals surface area (Å²) in [5.41, 5.74) is -0.0311. The van der Waals surface area contributed by atoms with E-state index in [1.807, 2.05) is 0 Å². The molecule has 1 aliphatic rings. The standard InChI is InChI=1S/C13H16FNO3/c1-18-11-4-2-3-10(14)12(11)13(17)15-7-5-9(16)6-8-15/h2-4,9,16H,5-8H2,1H3. The minimum Gasteiger partial charge on any atom is -0.496 e. The van der Waals surface area contributed by atoms with E-state index in [0.29, 0.717) is 25.9 Å². The van der Waals surface area contributed by atoms with E-state index in [4.69, 9.17) is 4.74 Å². The maximum Gasteiger partial charge on any atom is 0.260 e. The Morgan fingerprint density at radius 3 is 2.72 bits per heavy atom. The van der Waals surface area contributed by atoms with Crippen molar-refractivity contribution in [1.29, 1.82) is 0 Å². The largest absolute Gasteiger partial charge is 0.496 e. The zero-order valence-corrected chi connectivity index (χ0v) is 10.2. The molecular weight excluding hydrogens is 237 g/mol. The molecule has 0 atom stereocenters. The quantitative estimate of drug-likeness (QED) is 0.867. The van der Waals surface area contributed by atoms with Crippen LogP contribution in [0.5, 0.6) is 5.75 Å². The van der Waals surface area contributed by atoms with Crippen molar-refractivity contribution in [2.45, 2.75) is 18.9 Å². The summed E-state index contributed by atoms with van der Waals surface area (Å²) >= 11 is 0. The second-order valence-electron chi connectivity index (χ2n) is 4.34. The molecule has 0 saturated carbocycles. The molecule has 1 aliphatic heterocycles. The minimum absolute atomic E-state index is 0.0311. The van der Waals surface area contributed by atoms with E-state index in [9.17, 15) is 14.3 Å². The number of carbonyl (C=O) groups is 1. The van der Waals surface area contributed by atoms with Crippen LogP contribution in [0.2, 0.25) is 0 Å². The molecule has 4 nitrogen and oxygen atoms in total. The number of benzene rings is 1. The number of aliphatic hydroxyl groups is 1. The third kappa shape index (κ3) is 2.46. The fraction of sp³-hybridized carbons (Fsp3) is 0.462.